The maximum Gasteiger partial charge on any atom is 0.191 e. The van der Waals surface area contributed by atoms with Crippen molar-refractivity contribution < 1.29 is 0 Å². The van der Waals surface area contributed by atoms with E-state index in [1.165, 1.54) is 5.56 Å². The van der Waals surface area contributed by atoms with Gasteiger partial charge >= 0.3 is 0 Å². The van der Waals surface area contributed by atoms with Gasteiger partial charge in [0.15, 0.2) is 11.0 Å². The van der Waals surface area contributed by atoms with Crippen LogP contribution in [0.15, 0.2) is 59.2 Å². The van der Waals surface area contributed by atoms with E-state index in [9.17, 15) is 0 Å². The minimum Gasteiger partial charge on any atom is -0.302 e. The second kappa shape index (κ2) is 8.02. The number of aryl methyl sites for hydroxylation is 1. The molecule has 0 unspecified atom stereocenters. The van der Waals surface area contributed by atoms with Gasteiger partial charge in [0.05, 0.1) is 11.4 Å². The van der Waals surface area contributed by atoms with Crippen molar-refractivity contribution in [3.63, 3.8) is 0 Å². The van der Waals surface area contributed by atoms with Crippen LogP contribution in [0, 0.1) is 6.92 Å². The molecule has 0 atom stereocenters. The molecule has 0 bridgehead atoms. The molecular weight excluding hydrogens is 374 g/mol. The molecule has 0 radical (unpaired) electrons. The fourth-order valence-corrected chi connectivity index (χ4v) is 4.59. The van der Waals surface area contributed by atoms with Crippen molar-refractivity contribution in [2.75, 3.05) is 0 Å². The molecule has 4 rings (SSSR count). The van der Waals surface area contributed by atoms with Crippen LogP contribution in [0.5, 0.6) is 0 Å². The predicted octanol–water partition coefficient (Wildman–Crippen LogP) is 5.08. The molecule has 3 aromatic heterocycles. The lowest BCUT2D eigenvalue weighted by molar-refractivity contribution is 0.687. The van der Waals surface area contributed by atoms with Gasteiger partial charge in [-0.25, -0.2) is 4.98 Å². The van der Waals surface area contributed by atoms with E-state index in [0.717, 1.165) is 45.2 Å². The number of pyridine rings is 1. The highest BCUT2D eigenvalue weighted by atomic mass is 32.2. The molecule has 4 aromatic rings. The molecule has 136 valence electrons. The summed E-state index contributed by atoms with van der Waals surface area (Å²) in [7, 11) is 0. The van der Waals surface area contributed by atoms with E-state index in [2.05, 4.69) is 63.2 Å². The monoisotopic (exact) mass is 393 g/mol. The Hall–Kier alpha value is -2.51. The van der Waals surface area contributed by atoms with E-state index in [0.29, 0.717) is 0 Å². The highest BCUT2D eigenvalue weighted by molar-refractivity contribution is 7.98. The standard InChI is InChI=1S/C20H19N5S2/c1-3-25-18(15-8-6-7-14(2)11-15)23-24-20(25)27-13-16-12-26-19(22-16)17-9-4-5-10-21-17/h4-12H,3,13H2,1-2H3. The van der Waals surface area contributed by atoms with Crippen LogP contribution in [-0.4, -0.2) is 24.7 Å². The second-order valence-electron chi connectivity index (χ2n) is 6.07. The molecule has 0 spiro atoms. The number of hydrogen-bond acceptors (Lipinski definition) is 6. The van der Waals surface area contributed by atoms with Crippen LogP contribution < -0.4 is 0 Å². The Morgan fingerprint density at radius 2 is 2.04 bits per heavy atom. The van der Waals surface area contributed by atoms with Crippen LogP contribution in [-0.2, 0) is 12.3 Å². The van der Waals surface area contributed by atoms with E-state index >= 15 is 0 Å². The van der Waals surface area contributed by atoms with Crippen molar-refractivity contribution in [1.29, 1.82) is 0 Å². The molecule has 0 aliphatic rings. The number of thioether (sulfide) groups is 1. The molecule has 7 heteroatoms. The van der Waals surface area contributed by atoms with Crippen LogP contribution in [0.25, 0.3) is 22.1 Å². The third kappa shape index (κ3) is 3.94. The Kier molecular flexibility index (Phi) is 5.31. The predicted molar refractivity (Wildman–Crippen MR) is 111 cm³/mol. The summed E-state index contributed by atoms with van der Waals surface area (Å²) < 4.78 is 2.16. The summed E-state index contributed by atoms with van der Waals surface area (Å²) in [5.74, 6) is 1.67. The zero-order valence-corrected chi connectivity index (χ0v) is 16.8. The number of aromatic nitrogens is 5. The molecule has 0 fully saturated rings. The van der Waals surface area contributed by atoms with Gasteiger partial charge in [0.2, 0.25) is 0 Å². The smallest absolute Gasteiger partial charge is 0.191 e. The van der Waals surface area contributed by atoms with Gasteiger partial charge < -0.3 is 4.57 Å². The quantitative estimate of drug-likeness (QED) is 0.427. The van der Waals surface area contributed by atoms with Crippen molar-refractivity contribution in [2.24, 2.45) is 0 Å². The molecule has 27 heavy (non-hydrogen) atoms. The molecule has 3 heterocycles. The van der Waals surface area contributed by atoms with Gasteiger partial charge in [-0.2, -0.15) is 0 Å². The first-order chi connectivity index (χ1) is 13.2. The van der Waals surface area contributed by atoms with Crippen LogP contribution in [0.2, 0.25) is 0 Å². The van der Waals surface area contributed by atoms with E-state index in [-0.39, 0.29) is 0 Å². The van der Waals surface area contributed by atoms with Crippen molar-refractivity contribution in [3.8, 4) is 22.1 Å². The third-order valence-electron chi connectivity index (χ3n) is 4.09. The summed E-state index contributed by atoms with van der Waals surface area (Å²) in [5, 5.41) is 12.8. The van der Waals surface area contributed by atoms with Crippen molar-refractivity contribution >= 4 is 23.1 Å². The highest BCUT2D eigenvalue weighted by Gasteiger charge is 2.14. The zero-order chi connectivity index (χ0) is 18.6. The summed E-state index contributed by atoms with van der Waals surface area (Å²) in [6, 6.07) is 14.2. The molecule has 0 aliphatic carbocycles. The summed E-state index contributed by atoms with van der Waals surface area (Å²) in [4.78, 5) is 9.07. The van der Waals surface area contributed by atoms with Gasteiger partial charge in [0.1, 0.15) is 5.01 Å². The Bertz CT molecular complexity index is 1040. The van der Waals surface area contributed by atoms with Crippen LogP contribution >= 0.6 is 23.1 Å². The summed E-state index contributed by atoms with van der Waals surface area (Å²) >= 11 is 3.29. The number of thiazole rings is 1. The van der Waals surface area contributed by atoms with Gasteiger partial charge in [-0.15, -0.1) is 21.5 Å². The highest BCUT2D eigenvalue weighted by Crippen LogP contribution is 2.28. The Morgan fingerprint density at radius 1 is 1.11 bits per heavy atom. The lowest BCUT2D eigenvalue weighted by atomic mass is 10.1. The van der Waals surface area contributed by atoms with Gasteiger partial charge in [-0.1, -0.05) is 41.6 Å². The third-order valence-corrected chi connectivity index (χ3v) is 6.01. The average molecular weight is 394 g/mol. The first-order valence-corrected chi connectivity index (χ1v) is 10.6. The lowest BCUT2D eigenvalue weighted by Gasteiger charge is -2.07. The maximum absolute atomic E-state index is 4.71. The summed E-state index contributed by atoms with van der Waals surface area (Å²) in [5.41, 5.74) is 4.27. The first-order valence-electron chi connectivity index (χ1n) is 8.73. The number of nitrogens with zero attached hydrogens (tertiary/aromatic N) is 5. The molecule has 0 aliphatic heterocycles. The van der Waals surface area contributed by atoms with Gasteiger partial charge in [0.25, 0.3) is 0 Å². The number of rotatable bonds is 6. The van der Waals surface area contributed by atoms with Crippen LogP contribution in [0.4, 0.5) is 0 Å². The Labute approximate surface area is 166 Å². The van der Waals surface area contributed by atoms with Crippen molar-refractivity contribution in [1.82, 2.24) is 24.7 Å². The normalized spacial score (nSPS) is 11.0. The largest absolute Gasteiger partial charge is 0.302 e. The molecule has 1 aromatic carbocycles. The molecular formula is C20H19N5S2. The number of hydrogen-bond donors (Lipinski definition) is 0. The van der Waals surface area contributed by atoms with Crippen molar-refractivity contribution in [2.45, 2.75) is 31.3 Å². The van der Waals surface area contributed by atoms with Gasteiger partial charge in [0, 0.05) is 29.4 Å². The van der Waals surface area contributed by atoms with Crippen molar-refractivity contribution in [3.05, 3.63) is 65.3 Å². The van der Waals surface area contributed by atoms with Gasteiger partial charge in [-0.3, -0.25) is 4.98 Å². The van der Waals surface area contributed by atoms with Crippen LogP contribution in [0.1, 0.15) is 18.2 Å². The SMILES string of the molecule is CCn1c(SCc2csc(-c3ccccn3)n2)nnc1-c1cccc(C)c1. The van der Waals surface area contributed by atoms with Gasteiger partial charge in [-0.05, 0) is 32.0 Å². The summed E-state index contributed by atoms with van der Waals surface area (Å²) in [6.45, 7) is 5.04. The molecule has 0 N–H and O–H groups in total. The maximum atomic E-state index is 4.71. The lowest BCUT2D eigenvalue weighted by Crippen LogP contribution is -2.00. The summed E-state index contributed by atoms with van der Waals surface area (Å²) in [6.07, 6.45) is 1.79. The fraction of sp³-hybridized carbons (Fsp3) is 0.200. The molecule has 0 amide bonds. The molecule has 0 saturated carbocycles. The van der Waals surface area contributed by atoms with E-state index in [1.54, 1.807) is 29.3 Å². The Balaban J connectivity index is 1.52. The Morgan fingerprint density at radius 3 is 2.81 bits per heavy atom. The van der Waals surface area contributed by atoms with E-state index in [1.807, 2.05) is 18.2 Å². The fourth-order valence-electron chi connectivity index (χ4n) is 2.80. The second-order valence-corrected chi connectivity index (χ2v) is 7.87. The van der Waals surface area contributed by atoms with E-state index in [4.69, 9.17) is 4.98 Å². The first kappa shape index (κ1) is 17.9. The average Bonchev–Trinajstić information content (AvgIpc) is 3.34. The van der Waals surface area contributed by atoms with Crippen LogP contribution in [0.3, 0.4) is 0 Å². The topological polar surface area (TPSA) is 56.5 Å². The van der Waals surface area contributed by atoms with E-state index < -0.39 is 0 Å². The number of benzene rings is 1. The zero-order valence-electron chi connectivity index (χ0n) is 15.2. The molecule has 5 nitrogen and oxygen atoms in total. The minimum absolute atomic E-state index is 0.759. The molecule has 0 saturated heterocycles. The minimum atomic E-state index is 0.759.